The molecule has 1 rings (SSSR count). The van der Waals surface area contributed by atoms with Gasteiger partial charge < -0.3 is 14.2 Å². The highest BCUT2D eigenvalue weighted by Crippen LogP contribution is 2.13. The molecule has 0 bridgehead atoms. The van der Waals surface area contributed by atoms with E-state index >= 15 is 0 Å². The molecule has 0 unspecified atom stereocenters. The van der Waals surface area contributed by atoms with E-state index in [0.717, 1.165) is 26.1 Å². The van der Waals surface area contributed by atoms with Crippen LogP contribution in [-0.4, -0.2) is 26.3 Å². The molecule has 1 heterocycles. The maximum absolute atomic E-state index is 5.35. The van der Waals surface area contributed by atoms with Crippen molar-refractivity contribution in [1.29, 1.82) is 0 Å². The van der Waals surface area contributed by atoms with Crippen molar-refractivity contribution in [2.75, 3.05) is 19.8 Å². The van der Waals surface area contributed by atoms with Crippen molar-refractivity contribution in [3.8, 4) is 0 Å². The van der Waals surface area contributed by atoms with Crippen molar-refractivity contribution >= 4 is 0 Å². The Kier molecular flexibility index (Phi) is 4.58. The first-order chi connectivity index (χ1) is 5.83. The first-order valence-corrected chi connectivity index (χ1v) is 4.67. The van der Waals surface area contributed by atoms with Crippen LogP contribution in [-0.2, 0) is 14.2 Å². The van der Waals surface area contributed by atoms with Gasteiger partial charge in [-0.2, -0.15) is 0 Å². The molecule has 0 aliphatic carbocycles. The lowest BCUT2D eigenvalue weighted by atomic mass is 10.1. The summed E-state index contributed by atoms with van der Waals surface area (Å²) in [5.41, 5.74) is 0. The van der Waals surface area contributed by atoms with E-state index < -0.39 is 6.48 Å². The summed E-state index contributed by atoms with van der Waals surface area (Å²) in [6, 6.07) is 0. The molecule has 0 aromatic heterocycles. The van der Waals surface area contributed by atoms with Gasteiger partial charge in [0.15, 0.2) is 0 Å². The van der Waals surface area contributed by atoms with Gasteiger partial charge in [-0.1, -0.05) is 6.92 Å². The summed E-state index contributed by atoms with van der Waals surface area (Å²) in [6.45, 7) is 5.85. The van der Waals surface area contributed by atoms with Crippen LogP contribution in [0.2, 0.25) is 0 Å². The Morgan fingerprint density at radius 1 is 1.25 bits per heavy atom. The molecule has 72 valence electrons. The van der Waals surface area contributed by atoms with Gasteiger partial charge in [-0.3, -0.25) is 0 Å². The minimum Gasteiger partial charge on any atom is -0.330 e. The second kappa shape index (κ2) is 5.51. The topological polar surface area (TPSA) is 27.7 Å². The van der Waals surface area contributed by atoms with Crippen LogP contribution in [0, 0.1) is 5.92 Å². The molecule has 0 saturated carbocycles. The average Bonchev–Trinajstić information content (AvgIpc) is 2.00. The fourth-order valence-corrected chi connectivity index (χ4v) is 1.16. The second-order valence-electron chi connectivity index (χ2n) is 3.17. The molecule has 1 fully saturated rings. The zero-order valence-corrected chi connectivity index (χ0v) is 7.91. The largest absolute Gasteiger partial charge is 0.330 e. The first kappa shape index (κ1) is 9.96. The Labute approximate surface area is 74.0 Å². The predicted octanol–water partition coefficient (Wildman–Crippen LogP) is 1.77. The maximum atomic E-state index is 5.35. The van der Waals surface area contributed by atoms with E-state index in [4.69, 9.17) is 14.2 Å². The van der Waals surface area contributed by atoms with Gasteiger partial charge >= 0.3 is 0 Å². The van der Waals surface area contributed by atoms with E-state index in [1.807, 2.05) is 6.92 Å². The van der Waals surface area contributed by atoms with Gasteiger partial charge in [0.25, 0.3) is 6.48 Å². The molecule has 0 N–H and O–H groups in total. The van der Waals surface area contributed by atoms with Crippen LogP contribution in [0.25, 0.3) is 0 Å². The van der Waals surface area contributed by atoms with Crippen LogP contribution in [0.1, 0.15) is 26.7 Å². The van der Waals surface area contributed by atoms with Gasteiger partial charge in [0, 0.05) is 6.61 Å². The molecule has 0 amide bonds. The van der Waals surface area contributed by atoms with E-state index in [0.29, 0.717) is 12.5 Å². The van der Waals surface area contributed by atoms with Crippen LogP contribution in [0.3, 0.4) is 0 Å². The highest BCUT2D eigenvalue weighted by molar-refractivity contribution is 4.53. The quantitative estimate of drug-likeness (QED) is 0.638. The van der Waals surface area contributed by atoms with Crippen LogP contribution in [0.4, 0.5) is 0 Å². The highest BCUT2D eigenvalue weighted by Gasteiger charge is 2.14. The Balaban J connectivity index is 2.20. The van der Waals surface area contributed by atoms with E-state index in [1.54, 1.807) is 0 Å². The van der Waals surface area contributed by atoms with Gasteiger partial charge in [-0.05, 0) is 25.7 Å². The maximum Gasteiger partial charge on any atom is 0.271 e. The summed E-state index contributed by atoms with van der Waals surface area (Å²) < 4.78 is 15.9. The molecule has 0 spiro atoms. The molecule has 3 heteroatoms. The Bertz CT molecular complexity index is 106. The standard InChI is InChI=1S/C9H18O3/c1-3-10-9-11-6-4-8(2)5-7-12-9/h8-9H,3-7H2,1-2H3. The molecule has 0 aromatic carbocycles. The van der Waals surface area contributed by atoms with Crippen LogP contribution in [0.5, 0.6) is 0 Å². The van der Waals surface area contributed by atoms with E-state index in [1.165, 1.54) is 0 Å². The number of hydrogen-bond donors (Lipinski definition) is 0. The van der Waals surface area contributed by atoms with Crippen molar-refractivity contribution in [1.82, 2.24) is 0 Å². The average molecular weight is 174 g/mol. The number of ether oxygens (including phenoxy) is 3. The molecule has 1 saturated heterocycles. The summed E-state index contributed by atoms with van der Waals surface area (Å²) in [4.78, 5) is 0. The highest BCUT2D eigenvalue weighted by atomic mass is 16.8. The Morgan fingerprint density at radius 2 is 1.83 bits per heavy atom. The van der Waals surface area contributed by atoms with E-state index in [9.17, 15) is 0 Å². The minimum absolute atomic E-state index is 0.428. The Hall–Kier alpha value is -0.120. The summed E-state index contributed by atoms with van der Waals surface area (Å²) in [5, 5.41) is 0. The lowest BCUT2D eigenvalue weighted by Gasteiger charge is -2.23. The van der Waals surface area contributed by atoms with Crippen molar-refractivity contribution < 1.29 is 14.2 Å². The second-order valence-corrected chi connectivity index (χ2v) is 3.17. The van der Waals surface area contributed by atoms with Crippen molar-refractivity contribution in [3.05, 3.63) is 0 Å². The molecule has 0 radical (unpaired) electrons. The van der Waals surface area contributed by atoms with Gasteiger partial charge in [0.05, 0.1) is 13.2 Å². The van der Waals surface area contributed by atoms with Crippen molar-refractivity contribution in [3.63, 3.8) is 0 Å². The third kappa shape index (κ3) is 3.52. The SMILES string of the molecule is CCOC1OCCC(C)CCO1. The zero-order valence-electron chi connectivity index (χ0n) is 7.91. The van der Waals surface area contributed by atoms with Gasteiger partial charge in [0.1, 0.15) is 0 Å². The molecule has 0 atom stereocenters. The van der Waals surface area contributed by atoms with Crippen molar-refractivity contribution in [2.45, 2.75) is 33.2 Å². The minimum atomic E-state index is -0.428. The zero-order chi connectivity index (χ0) is 8.81. The third-order valence-electron chi connectivity index (χ3n) is 2.03. The lowest BCUT2D eigenvalue weighted by Crippen LogP contribution is -2.25. The molecule has 1 aliphatic heterocycles. The summed E-state index contributed by atoms with van der Waals surface area (Å²) >= 11 is 0. The fourth-order valence-electron chi connectivity index (χ4n) is 1.16. The van der Waals surface area contributed by atoms with Crippen LogP contribution in [0.15, 0.2) is 0 Å². The van der Waals surface area contributed by atoms with Gasteiger partial charge in [0.2, 0.25) is 0 Å². The van der Waals surface area contributed by atoms with Gasteiger partial charge in [-0.15, -0.1) is 0 Å². The molecule has 12 heavy (non-hydrogen) atoms. The lowest BCUT2D eigenvalue weighted by molar-refractivity contribution is -0.293. The van der Waals surface area contributed by atoms with E-state index in [2.05, 4.69) is 6.92 Å². The first-order valence-electron chi connectivity index (χ1n) is 4.67. The van der Waals surface area contributed by atoms with Crippen LogP contribution >= 0.6 is 0 Å². The number of hydrogen-bond acceptors (Lipinski definition) is 3. The normalized spacial score (nSPS) is 32.5. The van der Waals surface area contributed by atoms with Gasteiger partial charge in [-0.25, -0.2) is 0 Å². The van der Waals surface area contributed by atoms with Crippen molar-refractivity contribution in [2.24, 2.45) is 5.92 Å². The summed E-state index contributed by atoms with van der Waals surface area (Å²) in [6.07, 6.45) is 2.21. The third-order valence-corrected chi connectivity index (χ3v) is 2.03. The molecular formula is C9H18O3. The molecule has 1 aliphatic rings. The predicted molar refractivity (Wildman–Crippen MR) is 45.7 cm³/mol. The Morgan fingerprint density at radius 3 is 2.33 bits per heavy atom. The molecule has 3 nitrogen and oxygen atoms in total. The summed E-state index contributed by atoms with van der Waals surface area (Å²) in [5.74, 6) is 0.701. The summed E-state index contributed by atoms with van der Waals surface area (Å²) in [7, 11) is 0. The fraction of sp³-hybridized carbons (Fsp3) is 1.00. The molecular weight excluding hydrogens is 156 g/mol. The smallest absolute Gasteiger partial charge is 0.271 e. The van der Waals surface area contributed by atoms with E-state index in [-0.39, 0.29) is 0 Å². The van der Waals surface area contributed by atoms with Crippen LogP contribution < -0.4 is 0 Å². The molecule has 0 aromatic rings. The number of rotatable bonds is 2. The monoisotopic (exact) mass is 174 g/mol.